The first-order valence-electron chi connectivity index (χ1n) is 3.37. The zero-order valence-electron chi connectivity index (χ0n) is 6.67. The van der Waals surface area contributed by atoms with E-state index in [0.29, 0.717) is 0 Å². The van der Waals surface area contributed by atoms with Gasteiger partial charge in [0, 0.05) is 0 Å². The maximum atomic E-state index is 11.7. The molecule has 14 heavy (non-hydrogen) atoms. The molecule has 0 saturated carbocycles. The van der Waals surface area contributed by atoms with E-state index in [9.17, 15) is 21.6 Å². The van der Waals surface area contributed by atoms with E-state index in [1.165, 1.54) is 4.72 Å². The van der Waals surface area contributed by atoms with Gasteiger partial charge in [-0.25, -0.2) is 13.1 Å². The fraction of sp³-hybridized carbons (Fsp3) is 0.400. The van der Waals surface area contributed by atoms with Crippen LogP contribution in [-0.2, 0) is 10.0 Å². The van der Waals surface area contributed by atoms with Crippen LogP contribution < -0.4 is 4.72 Å². The van der Waals surface area contributed by atoms with E-state index < -0.39 is 27.8 Å². The minimum absolute atomic E-state index is 0.401. The predicted octanol–water partition coefficient (Wildman–Crippen LogP) is 0.250. The average Bonchev–Trinajstić information content (AvgIpc) is 2.52. The highest BCUT2D eigenvalue weighted by molar-refractivity contribution is 7.89. The first-order valence-corrected chi connectivity index (χ1v) is 4.85. The van der Waals surface area contributed by atoms with E-state index in [0.717, 1.165) is 12.3 Å². The van der Waals surface area contributed by atoms with Crippen LogP contribution in [0.2, 0.25) is 0 Å². The third-order valence-electron chi connectivity index (χ3n) is 1.23. The second-order valence-corrected chi connectivity index (χ2v) is 4.10. The molecule has 0 aliphatic rings. The van der Waals surface area contributed by atoms with Crippen molar-refractivity contribution in [3.8, 4) is 0 Å². The van der Waals surface area contributed by atoms with Crippen molar-refractivity contribution < 1.29 is 21.6 Å². The number of aromatic amines is 1. The normalized spacial score (nSPS) is 13.1. The first kappa shape index (κ1) is 11.0. The van der Waals surface area contributed by atoms with Crippen molar-refractivity contribution in [1.82, 2.24) is 14.9 Å². The van der Waals surface area contributed by atoms with Crippen molar-refractivity contribution >= 4 is 10.0 Å². The lowest BCUT2D eigenvalue weighted by molar-refractivity contribution is -0.121. The van der Waals surface area contributed by atoms with Crippen LogP contribution in [0.4, 0.5) is 13.2 Å². The summed E-state index contributed by atoms with van der Waals surface area (Å²) in [5.74, 6) is 0. The molecule has 0 fully saturated rings. The Morgan fingerprint density at radius 2 is 2.14 bits per heavy atom. The Labute approximate surface area is 77.4 Å². The van der Waals surface area contributed by atoms with Crippen LogP contribution in [0.1, 0.15) is 0 Å². The summed E-state index contributed by atoms with van der Waals surface area (Å²) in [5.41, 5.74) is 0. The lowest BCUT2D eigenvalue weighted by Crippen LogP contribution is -2.33. The van der Waals surface area contributed by atoms with Gasteiger partial charge in [0.25, 0.3) is 10.0 Å². The van der Waals surface area contributed by atoms with Crippen molar-refractivity contribution in [3.05, 3.63) is 12.3 Å². The molecule has 0 unspecified atom stereocenters. The topological polar surface area (TPSA) is 74.8 Å². The molecule has 80 valence electrons. The van der Waals surface area contributed by atoms with Crippen LogP contribution >= 0.6 is 0 Å². The Hall–Kier alpha value is -1.09. The average molecular weight is 229 g/mol. The Bertz CT molecular complexity index is 383. The zero-order chi connectivity index (χ0) is 10.8. The summed E-state index contributed by atoms with van der Waals surface area (Å²) >= 11 is 0. The molecule has 0 bridgehead atoms. The molecule has 1 rings (SSSR count). The van der Waals surface area contributed by atoms with Gasteiger partial charge in [0.1, 0.15) is 6.54 Å². The van der Waals surface area contributed by atoms with Crippen molar-refractivity contribution in [2.75, 3.05) is 6.54 Å². The standard InChI is InChI=1S/C5H6F3N3O2S/c6-5(7,8)3-10-14(12,13)4-1-2-9-11-4/h1-2,10H,3H2,(H,9,11). The van der Waals surface area contributed by atoms with Crippen LogP contribution in [0.25, 0.3) is 0 Å². The summed E-state index contributed by atoms with van der Waals surface area (Å²) in [6, 6.07) is 1.05. The molecule has 0 atom stereocenters. The summed E-state index contributed by atoms with van der Waals surface area (Å²) in [6.07, 6.45) is -3.45. The van der Waals surface area contributed by atoms with Crippen molar-refractivity contribution in [2.45, 2.75) is 11.2 Å². The van der Waals surface area contributed by atoms with Gasteiger partial charge in [0.15, 0.2) is 5.03 Å². The number of nitrogens with zero attached hydrogens (tertiary/aromatic N) is 1. The van der Waals surface area contributed by atoms with Gasteiger partial charge in [0.05, 0.1) is 6.20 Å². The molecule has 0 aromatic carbocycles. The monoisotopic (exact) mass is 229 g/mol. The second-order valence-electron chi connectivity index (χ2n) is 2.36. The van der Waals surface area contributed by atoms with Crippen LogP contribution in [0.15, 0.2) is 17.3 Å². The molecular weight excluding hydrogens is 223 g/mol. The number of hydrogen-bond donors (Lipinski definition) is 2. The number of alkyl halides is 3. The van der Waals surface area contributed by atoms with Crippen LogP contribution in [-0.4, -0.2) is 31.3 Å². The smallest absolute Gasteiger partial charge is 0.266 e. The summed E-state index contributed by atoms with van der Waals surface area (Å²) in [5, 5.41) is 4.95. The predicted molar refractivity (Wildman–Crippen MR) is 39.8 cm³/mol. The fourth-order valence-corrected chi connectivity index (χ4v) is 1.57. The van der Waals surface area contributed by atoms with Crippen LogP contribution in [0.5, 0.6) is 0 Å². The highest BCUT2D eigenvalue weighted by atomic mass is 32.2. The third kappa shape index (κ3) is 3.00. The Morgan fingerprint density at radius 1 is 1.50 bits per heavy atom. The summed E-state index contributed by atoms with van der Waals surface area (Å²) in [7, 11) is -4.14. The number of H-pyrrole nitrogens is 1. The largest absolute Gasteiger partial charge is 0.402 e. The molecular formula is C5H6F3N3O2S. The second kappa shape index (κ2) is 3.58. The summed E-state index contributed by atoms with van der Waals surface area (Å²) in [6.45, 7) is -1.60. The number of sulfonamides is 1. The molecule has 0 aliphatic heterocycles. The van der Waals surface area contributed by atoms with Gasteiger partial charge in [-0.2, -0.15) is 18.3 Å². The maximum absolute atomic E-state index is 11.7. The Balaban J connectivity index is 2.70. The molecule has 1 aromatic heterocycles. The minimum atomic E-state index is -4.58. The highest BCUT2D eigenvalue weighted by Crippen LogP contribution is 2.13. The molecule has 1 aromatic rings. The van der Waals surface area contributed by atoms with E-state index >= 15 is 0 Å². The minimum Gasteiger partial charge on any atom is -0.266 e. The molecule has 5 nitrogen and oxygen atoms in total. The molecule has 9 heteroatoms. The zero-order valence-corrected chi connectivity index (χ0v) is 7.48. The number of hydrogen-bond acceptors (Lipinski definition) is 3. The molecule has 0 amide bonds. The molecule has 0 spiro atoms. The Kier molecular flexibility index (Phi) is 2.81. The molecule has 0 saturated heterocycles. The molecule has 2 N–H and O–H groups in total. The highest BCUT2D eigenvalue weighted by Gasteiger charge is 2.30. The van der Waals surface area contributed by atoms with Crippen molar-refractivity contribution in [1.29, 1.82) is 0 Å². The SMILES string of the molecule is O=S(=O)(NCC(F)(F)F)c1ccn[nH]1. The summed E-state index contributed by atoms with van der Waals surface area (Å²) < 4.78 is 58.5. The first-order chi connectivity index (χ1) is 6.31. The van der Waals surface area contributed by atoms with Gasteiger partial charge in [-0.1, -0.05) is 0 Å². The van der Waals surface area contributed by atoms with E-state index in [-0.39, 0.29) is 0 Å². The number of halogens is 3. The third-order valence-corrected chi connectivity index (χ3v) is 2.56. The Morgan fingerprint density at radius 3 is 2.57 bits per heavy atom. The van der Waals surface area contributed by atoms with Gasteiger partial charge >= 0.3 is 6.18 Å². The van der Waals surface area contributed by atoms with Crippen molar-refractivity contribution in [3.63, 3.8) is 0 Å². The van der Waals surface area contributed by atoms with Gasteiger partial charge in [-0.3, -0.25) is 5.10 Å². The summed E-state index contributed by atoms with van der Waals surface area (Å²) in [4.78, 5) is 0. The maximum Gasteiger partial charge on any atom is 0.402 e. The van der Waals surface area contributed by atoms with Crippen LogP contribution in [0, 0.1) is 0 Å². The lowest BCUT2D eigenvalue weighted by Gasteiger charge is -2.07. The van der Waals surface area contributed by atoms with Gasteiger partial charge in [0.2, 0.25) is 0 Å². The molecule has 1 heterocycles. The molecule has 0 aliphatic carbocycles. The van der Waals surface area contributed by atoms with Gasteiger partial charge in [-0.15, -0.1) is 0 Å². The van der Waals surface area contributed by atoms with Crippen LogP contribution in [0.3, 0.4) is 0 Å². The van der Waals surface area contributed by atoms with Gasteiger partial charge in [-0.05, 0) is 6.07 Å². The quantitative estimate of drug-likeness (QED) is 0.780. The number of aromatic nitrogens is 2. The fourth-order valence-electron chi connectivity index (χ4n) is 0.647. The number of nitrogens with one attached hydrogen (secondary N) is 2. The van der Waals surface area contributed by atoms with Crippen molar-refractivity contribution in [2.24, 2.45) is 0 Å². The number of rotatable bonds is 3. The van der Waals surface area contributed by atoms with E-state index in [1.54, 1.807) is 0 Å². The lowest BCUT2D eigenvalue weighted by atomic mass is 10.7. The van der Waals surface area contributed by atoms with Gasteiger partial charge < -0.3 is 0 Å². The molecule has 0 radical (unpaired) electrons. The van der Waals surface area contributed by atoms with E-state index in [2.05, 4.69) is 5.10 Å². The van der Waals surface area contributed by atoms with E-state index in [1.807, 2.05) is 5.10 Å². The van der Waals surface area contributed by atoms with E-state index in [4.69, 9.17) is 0 Å².